The molecule has 1 saturated heterocycles. The molecule has 0 unspecified atom stereocenters. The number of amides is 1. The van der Waals surface area contributed by atoms with Gasteiger partial charge in [0.2, 0.25) is 10.0 Å². The topological polar surface area (TPSA) is 103 Å². The zero-order valence-electron chi connectivity index (χ0n) is 15.7. The number of nitrogens with zero attached hydrogens (tertiary/aromatic N) is 2. The highest BCUT2D eigenvalue weighted by molar-refractivity contribution is 7.89. The molecule has 2 N–H and O–H groups in total. The number of sulfonamides is 1. The Balaban J connectivity index is 1.70. The first-order chi connectivity index (χ1) is 13.5. The number of carbonyl (C=O) groups is 1. The van der Waals surface area contributed by atoms with Crippen molar-refractivity contribution in [1.82, 2.24) is 9.21 Å². The Morgan fingerprint density at radius 1 is 1.21 bits per heavy atom. The molecule has 9 heteroatoms. The number of aliphatic hydroxyl groups excluding tert-OH is 1. The van der Waals surface area contributed by atoms with E-state index in [4.69, 9.17) is 4.42 Å². The highest BCUT2D eigenvalue weighted by Gasteiger charge is 2.30. The molecule has 8 nitrogen and oxygen atoms in total. The Bertz CT molecular complexity index is 886. The minimum Gasteiger partial charge on any atom is -0.459 e. The molecule has 0 saturated carbocycles. The third kappa shape index (κ3) is 4.44. The van der Waals surface area contributed by atoms with Gasteiger partial charge in [0.25, 0.3) is 5.91 Å². The van der Waals surface area contributed by atoms with E-state index in [-0.39, 0.29) is 23.3 Å². The summed E-state index contributed by atoms with van der Waals surface area (Å²) in [5.74, 6) is -0.290. The summed E-state index contributed by atoms with van der Waals surface area (Å²) in [4.78, 5) is 14.4. The first-order valence-corrected chi connectivity index (χ1v) is 10.7. The first-order valence-electron chi connectivity index (χ1n) is 9.25. The van der Waals surface area contributed by atoms with Crippen molar-refractivity contribution in [3.8, 4) is 0 Å². The molecule has 1 amide bonds. The molecule has 1 aliphatic heterocycles. The second-order valence-corrected chi connectivity index (χ2v) is 8.58. The summed E-state index contributed by atoms with van der Waals surface area (Å²) < 4.78 is 32.5. The zero-order chi connectivity index (χ0) is 20.1. The van der Waals surface area contributed by atoms with E-state index in [1.165, 1.54) is 28.8 Å². The number of furan rings is 1. The van der Waals surface area contributed by atoms with Crippen LogP contribution in [0.15, 0.2) is 52.0 Å². The average Bonchev–Trinajstić information content (AvgIpc) is 3.25. The van der Waals surface area contributed by atoms with Crippen LogP contribution in [0.5, 0.6) is 0 Å². The van der Waals surface area contributed by atoms with Crippen LogP contribution < -0.4 is 5.32 Å². The van der Waals surface area contributed by atoms with Gasteiger partial charge in [0.05, 0.1) is 17.8 Å². The molecule has 3 rings (SSSR count). The number of carbonyl (C=O) groups excluding carboxylic acids is 1. The molecule has 28 heavy (non-hydrogen) atoms. The van der Waals surface area contributed by atoms with Crippen molar-refractivity contribution in [2.75, 3.05) is 38.1 Å². The van der Waals surface area contributed by atoms with Gasteiger partial charge in [-0.2, -0.15) is 4.31 Å². The van der Waals surface area contributed by atoms with Gasteiger partial charge < -0.3 is 14.8 Å². The summed E-state index contributed by atoms with van der Waals surface area (Å²) >= 11 is 0. The Morgan fingerprint density at radius 2 is 1.96 bits per heavy atom. The third-order valence-corrected chi connectivity index (χ3v) is 6.84. The molecular formula is C19H25N3O5S. The summed E-state index contributed by atoms with van der Waals surface area (Å²) in [5, 5.41) is 12.1. The van der Waals surface area contributed by atoms with Crippen LogP contribution in [-0.4, -0.2) is 67.5 Å². The van der Waals surface area contributed by atoms with Crippen molar-refractivity contribution in [3.63, 3.8) is 0 Å². The molecular weight excluding hydrogens is 382 g/mol. The fourth-order valence-corrected chi connectivity index (χ4v) is 4.76. The van der Waals surface area contributed by atoms with E-state index in [0.29, 0.717) is 31.9 Å². The second kappa shape index (κ2) is 8.87. The number of piperazine rings is 1. The SMILES string of the molecule is CC[C@H](CO)N1CCN(S(=O)(=O)c2cccc(NC(=O)c3ccco3)c2)CC1. The highest BCUT2D eigenvalue weighted by atomic mass is 32.2. The monoisotopic (exact) mass is 407 g/mol. The summed E-state index contributed by atoms with van der Waals surface area (Å²) in [6.07, 6.45) is 2.22. The molecule has 2 heterocycles. The first kappa shape index (κ1) is 20.5. The number of rotatable bonds is 7. The molecule has 0 bridgehead atoms. The maximum absolute atomic E-state index is 13.0. The molecule has 0 spiro atoms. The van der Waals surface area contributed by atoms with Crippen LogP contribution in [-0.2, 0) is 10.0 Å². The molecule has 152 valence electrons. The largest absolute Gasteiger partial charge is 0.459 e. The average molecular weight is 407 g/mol. The van der Waals surface area contributed by atoms with E-state index >= 15 is 0 Å². The van der Waals surface area contributed by atoms with Crippen molar-refractivity contribution in [3.05, 3.63) is 48.4 Å². The van der Waals surface area contributed by atoms with Crippen molar-refractivity contribution >= 4 is 21.6 Å². The lowest BCUT2D eigenvalue weighted by atomic mass is 10.2. The lowest BCUT2D eigenvalue weighted by Gasteiger charge is -2.37. The van der Waals surface area contributed by atoms with Crippen LogP contribution in [0, 0.1) is 0 Å². The Morgan fingerprint density at radius 3 is 2.57 bits per heavy atom. The fourth-order valence-electron chi connectivity index (χ4n) is 3.30. The minimum absolute atomic E-state index is 0.0602. The van der Waals surface area contributed by atoms with Crippen LogP contribution in [0.3, 0.4) is 0 Å². The van der Waals surface area contributed by atoms with Gasteiger partial charge in [-0.1, -0.05) is 13.0 Å². The molecule has 0 aliphatic carbocycles. The molecule has 1 aromatic heterocycles. The van der Waals surface area contributed by atoms with Gasteiger partial charge in [0.1, 0.15) is 0 Å². The van der Waals surface area contributed by atoms with E-state index in [1.807, 2.05) is 6.92 Å². The van der Waals surface area contributed by atoms with Crippen LogP contribution >= 0.6 is 0 Å². The van der Waals surface area contributed by atoms with Gasteiger partial charge in [0, 0.05) is 37.9 Å². The van der Waals surface area contributed by atoms with Gasteiger partial charge in [-0.15, -0.1) is 0 Å². The van der Waals surface area contributed by atoms with Gasteiger partial charge in [-0.25, -0.2) is 8.42 Å². The highest BCUT2D eigenvalue weighted by Crippen LogP contribution is 2.22. The van der Waals surface area contributed by atoms with Crippen molar-refractivity contribution in [1.29, 1.82) is 0 Å². The second-order valence-electron chi connectivity index (χ2n) is 6.64. The van der Waals surface area contributed by atoms with Crippen molar-refractivity contribution in [2.24, 2.45) is 0 Å². The van der Waals surface area contributed by atoms with Crippen LogP contribution in [0.4, 0.5) is 5.69 Å². The number of hydrogen-bond donors (Lipinski definition) is 2. The number of hydrogen-bond acceptors (Lipinski definition) is 6. The van der Waals surface area contributed by atoms with Crippen molar-refractivity contribution < 1.29 is 22.7 Å². The Kier molecular flexibility index (Phi) is 6.50. The number of nitrogens with one attached hydrogen (secondary N) is 1. The van der Waals surface area contributed by atoms with Crippen LogP contribution in [0.2, 0.25) is 0 Å². The summed E-state index contributed by atoms with van der Waals surface area (Å²) in [7, 11) is -3.67. The summed E-state index contributed by atoms with van der Waals surface area (Å²) in [6, 6.07) is 9.40. The zero-order valence-corrected chi connectivity index (χ0v) is 16.6. The van der Waals surface area contributed by atoms with Crippen LogP contribution in [0.1, 0.15) is 23.9 Å². The molecule has 1 aromatic carbocycles. The van der Waals surface area contributed by atoms with Gasteiger partial charge in [0.15, 0.2) is 5.76 Å². The fraction of sp³-hybridized carbons (Fsp3) is 0.421. The Hall–Kier alpha value is -2.20. The van der Waals surface area contributed by atoms with E-state index < -0.39 is 15.9 Å². The van der Waals surface area contributed by atoms with Crippen molar-refractivity contribution in [2.45, 2.75) is 24.3 Å². The van der Waals surface area contributed by atoms with E-state index in [2.05, 4.69) is 10.2 Å². The lowest BCUT2D eigenvalue weighted by Crippen LogP contribution is -2.52. The van der Waals surface area contributed by atoms with Gasteiger partial charge in [-0.05, 0) is 36.8 Å². The lowest BCUT2D eigenvalue weighted by molar-refractivity contribution is 0.0881. The van der Waals surface area contributed by atoms with E-state index in [0.717, 1.165) is 6.42 Å². The normalized spacial score (nSPS) is 17.4. The van der Waals surface area contributed by atoms with Crippen LogP contribution in [0.25, 0.3) is 0 Å². The Labute approximate surface area is 164 Å². The molecule has 1 atom stereocenters. The molecule has 2 aromatic rings. The van der Waals surface area contributed by atoms with E-state index in [1.54, 1.807) is 18.2 Å². The predicted octanol–water partition coefficient (Wildman–Crippen LogP) is 1.61. The number of aliphatic hydroxyl groups is 1. The smallest absolute Gasteiger partial charge is 0.291 e. The number of anilines is 1. The molecule has 1 aliphatic rings. The molecule has 0 radical (unpaired) electrons. The summed E-state index contributed by atoms with van der Waals surface area (Å²) in [5.41, 5.74) is 0.382. The maximum Gasteiger partial charge on any atom is 0.291 e. The minimum atomic E-state index is -3.67. The number of benzene rings is 1. The summed E-state index contributed by atoms with van der Waals surface area (Å²) in [6.45, 7) is 3.96. The van der Waals surface area contributed by atoms with E-state index in [9.17, 15) is 18.3 Å². The standard InChI is InChI=1S/C19H25N3O5S/c1-2-16(14-23)21-8-10-22(11-9-21)28(25,26)17-6-3-5-15(13-17)20-19(24)18-7-4-12-27-18/h3-7,12-13,16,23H,2,8-11,14H2,1H3,(H,20,24)/t16-/m1/s1. The van der Waals surface area contributed by atoms with Gasteiger partial charge in [-0.3, -0.25) is 9.69 Å². The molecule has 1 fully saturated rings. The quantitative estimate of drug-likeness (QED) is 0.723. The predicted molar refractivity (Wildman–Crippen MR) is 105 cm³/mol. The maximum atomic E-state index is 13.0. The van der Waals surface area contributed by atoms with Gasteiger partial charge >= 0.3 is 0 Å². The third-order valence-electron chi connectivity index (χ3n) is 4.95.